The third-order valence-corrected chi connectivity index (χ3v) is 6.54. The van der Waals surface area contributed by atoms with Gasteiger partial charge < -0.3 is 14.6 Å². The van der Waals surface area contributed by atoms with E-state index in [4.69, 9.17) is 4.74 Å². The van der Waals surface area contributed by atoms with Gasteiger partial charge in [0.25, 0.3) is 11.5 Å². The second-order valence-corrected chi connectivity index (χ2v) is 9.13. The summed E-state index contributed by atoms with van der Waals surface area (Å²) in [5.41, 5.74) is 0.430. The van der Waals surface area contributed by atoms with Gasteiger partial charge in [-0.1, -0.05) is 12.1 Å². The van der Waals surface area contributed by atoms with Crippen molar-refractivity contribution in [1.82, 2.24) is 19.6 Å². The normalized spacial score (nSPS) is 13.9. The standard InChI is InChI=1S/C21H22N4O5S/c1-25(12-19-22-16-6-4-3-5-15(16)20(26)23-19)21(27)13-7-10-17(30-2)18(11-13)31(28,29)24-14-8-9-14/h3-7,10-11,14,24H,8-9,12H2,1-2H3,(H,22,23,26). The first-order chi connectivity index (χ1) is 14.8. The molecule has 0 spiro atoms. The van der Waals surface area contributed by atoms with E-state index in [1.165, 1.54) is 30.2 Å². The molecule has 0 radical (unpaired) electrons. The van der Waals surface area contributed by atoms with Gasteiger partial charge in [0.1, 0.15) is 16.5 Å². The molecule has 162 valence electrons. The van der Waals surface area contributed by atoms with Crippen molar-refractivity contribution in [3.8, 4) is 5.75 Å². The molecule has 0 bridgehead atoms. The summed E-state index contributed by atoms with van der Waals surface area (Å²) in [7, 11) is -0.886. The van der Waals surface area contributed by atoms with Gasteiger partial charge >= 0.3 is 0 Å². The van der Waals surface area contributed by atoms with Crippen molar-refractivity contribution in [1.29, 1.82) is 0 Å². The Bertz CT molecular complexity index is 1310. The minimum Gasteiger partial charge on any atom is -0.495 e. The lowest BCUT2D eigenvalue weighted by molar-refractivity contribution is 0.0781. The zero-order valence-electron chi connectivity index (χ0n) is 17.1. The molecule has 0 saturated heterocycles. The molecule has 2 aromatic carbocycles. The minimum atomic E-state index is -3.82. The van der Waals surface area contributed by atoms with E-state index in [-0.39, 0.29) is 34.4 Å². The molecule has 1 aliphatic carbocycles. The van der Waals surface area contributed by atoms with Crippen LogP contribution in [0, 0.1) is 0 Å². The molecular formula is C21H22N4O5S. The molecule has 1 amide bonds. The van der Waals surface area contributed by atoms with Crippen LogP contribution < -0.4 is 15.0 Å². The van der Waals surface area contributed by atoms with Gasteiger partial charge in [-0.25, -0.2) is 18.1 Å². The lowest BCUT2D eigenvalue weighted by atomic mass is 10.2. The van der Waals surface area contributed by atoms with Crippen LogP contribution in [0.15, 0.2) is 52.2 Å². The number of aromatic nitrogens is 2. The van der Waals surface area contributed by atoms with E-state index in [0.717, 1.165) is 12.8 Å². The van der Waals surface area contributed by atoms with Gasteiger partial charge in [0, 0.05) is 18.7 Å². The highest BCUT2D eigenvalue weighted by molar-refractivity contribution is 7.89. The number of nitrogens with one attached hydrogen (secondary N) is 2. The lowest BCUT2D eigenvalue weighted by Crippen LogP contribution is -2.29. The van der Waals surface area contributed by atoms with Crippen molar-refractivity contribution in [2.45, 2.75) is 30.3 Å². The Labute approximate surface area is 179 Å². The molecule has 1 fully saturated rings. The Hall–Kier alpha value is -3.24. The Morgan fingerprint density at radius 3 is 2.71 bits per heavy atom. The van der Waals surface area contributed by atoms with Crippen LogP contribution in [0.2, 0.25) is 0 Å². The zero-order chi connectivity index (χ0) is 22.2. The van der Waals surface area contributed by atoms with E-state index in [1.54, 1.807) is 31.3 Å². The second kappa shape index (κ2) is 8.12. The van der Waals surface area contributed by atoms with Crippen molar-refractivity contribution in [2.75, 3.05) is 14.2 Å². The maximum atomic E-state index is 13.0. The number of carbonyl (C=O) groups is 1. The van der Waals surface area contributed by atoms with Crippen LogP contribution in [0.4, 0.5) is 0 Å². The molecule has 9 nitrogen and oxygen atoms in total. The summed E-state index contributed by atoms with van der Waals surface area (Å²) in [6.45, 7) is 0.0490. The molecule has 0 atom stereocenters. The van der Waals surface area contributed by atoms with Crippen LogP contribution >= 0.6 is 0 Å². The summed E-state index contributed by atoms with van der Waals surface area (Å²) in [5.74, 6) is 0.0746. The summed E-state index contributed by atoms with van der Waals surface area (Å²) in [6, 6.07) is 11.1. The number of amides is 1. The molecule has 1 heterocycles. The molecule has 1 aromatic heterocycles. The first-order valence-electron chi connectivity index (χ1n) is 9.72. The highest BCUT2D eigenvalue weighted by Gasteiger charge is 2.30. The van der Waals surface area contributed by atoms with Crippen LogP contribution in [-0.2, 0) is 16.6 Å². The van der Waals surface area contributed by atoms with Crippen molar-refractivity contribution in [2.24, 2.45) is 0 Å². The smallest absolute Gasteiger partial charge is 0.258 e. The first kappa shape index (κ1) is 21.0. The number of methoxy groups -OCH3 is 1. The second-order valence-electron chi connectivity index (χ2n) is 7.45. The molecule has 4 rings (SSSR count). The molecule has 1 aliphatic rings. The SMILES string of the molecule is COc1ccc(C(=O)N(C)Cc2nc3ccccc3c(=O)[nH]2)cc1S(=O)(=O)NC1CC1. The number of nitrogens with zero attached hydrogens (tertiary/aromatic N) is 2. The van der Waals surface area contributed by atoms with Gasteiger partial charge in [0.15, 0.2) is 0 Å². The molecule has 3 aromatic rings. The number of rotatable bonds is 7. The third kappa shape index (κ3) is 4.44. The van der Waals surface area contributed by atoms with Crippen LogP contribution in [0.5, 0.6) is 5.75 Å². The number of ether oxygens (including phenoxy) is 1. The number of aromatic amines is 1. The molecule has 31 heavy (non-hydrogen) atoms. The van der Waals surface area contributed by atoms with Crippen molar-refractivity contribution < 1.29 is 17.9 Å². The fourth-order valence-electron chi connectivity index (χ4n) is 3.23. The van der Waals surface area contributed by atoms with E-state index < -0.39 is 15.9 Å². The predicted octanol–water partition coefficient (Wildman–Crippen LogP) is 1.64. The van der Waals surface area contributed by atoms with Crippen LogP contribution in [0.3, 0.4) is 0 Å². The fraction of sp³-hybridized carbons (Fsp3) is 0.286. The quantitative estimate of drug-likeness (QED) is 0.574. The van der Waals surface area contributed by atoms with E-state index in [2.05, 4.69) is 14.7 Å². The lowest BCUT2D eigenvalue weighted by Gasteiger charge is -2.18. The van der Waals surface area contributed by atoms with Crippen molar-refractivity contribution in [3.05, 3.63) is 64.2 Å². The molecule has 0 aliphatic heterocycles. The van der Waals surface area contributed by atoms with Crippen molar-refractivity contribution in [3.63, 3.8) is 0 Å². The van der Waals surface area contributed by atoms with E-state index in [9.17, 15) is 18.0 Å². The van der Waals surface area contributed by atoms with E-state index >= 15 is 0 Å². The Balaban J connectivity index is 1.60. The van der Waals surface area contributed by atoms with E-state index in [1.807, 2.05) is 0 Å². The third-order valence-electron chi connectivity index (χ3n) is 4.99. The number of hydrogen-bond acceptors (Lipinski definition) is 6. The highest BCUT2D eigenvalue weighted by atomic mass is 32.2. The fourth-order valence-corrected chi connectivity index (χ4v) is 4.73. The number of H-pyrrole nitrogens is 1. The molecule has 0 unspecified atom stereocenters. The first-order valence-corrected chi connectivity index (χ1v) is 11.2. The number of fused-ring (bicyclic) bond motifs is 1. The summed E-state index contributed by atoms with van der Waals surface area (Å²) in [4.78, 5) is 33.6. The minimum absolute atomic E-state index is 0.0490. The number of para-hydroxylation sites is 1. The molecular weight excluding hydrogens is 420 g/mol. The average Bonchev–Trinajstić information content (AvgIpc) is 3.56. The Kier molecular flexibility index (Phi) is 5.50. The largest absolute Gasteiger partial charge is 0.495 e. The Morgan fingerprint density at radius 2 is 2.00 bits per heavy atom. The maximum Gasteiger partial charge on any atom is 0.258 e. The van der Waals surface area contributed by atoms with Gasteiger partial charge in [-0.05, 0) is 43.2 Å². The maximum absolute atomic E-state index is 13.0. The van der Waals surface area contributed by atoms with Gasteiger partial charge in [-0.3, -0.25) is 9.59 Å². The summed E-state index contributed by atoms with van der Waals surface area (Å²) in [5, 5.41) is 0.466. The molecule has 2 N–H and O–H groups in total. The number of benzene rings is 2. The van der Waals surface area contributed by atoms with Gasteiger partial charge in [-0.2, -0.15) is 0 Å². The van der Waals surface area contributed by atoms with Crippen LogP contribution in [-0.4, -0.2) is 49.4 Å². The average molecular weight is 442 g/mol. The Morgan fingerprint density at radius 1 is 1.26 bits per heavy atom. The number of hydrogen-bond donors (Lipinski definition) is 2. The van der Waals surface area contributed by atoms with Crippen LogP contribution in [0.25, 0.3) is 10.9 Å². The molecule has 1 saturated carbocycles. The highest BCUT2D eigenvalue weighted by Crippen LogP contribution is 2.28. The zero-order valence-corrected chi connectivity index (χ0v) is 17.9. The predicted molar refractivity (Wildman–Crippen MR) is 114 cm³/mol. The monoisotopic (exact) mass is 442 g/mol. The van der Waals surface area contributed by atoms with E-state index in [0.29, 0.717) is 16.7 Å². The molecule has 10 heteroatoms. The van der Waals surface area contributed by atoms with Gasteiger partial charge in [0.05, 0.1) is 24.6 Å². The summed E-state index contributed by atoms with van der Waals surface area (Å²) < 4.78 is 33.2. The van der Waals surface area contributed by atoms with Crippen LogP contribution in [0.1, 0.15) is 29.0 Å². The topological polar surface area (TPSA) is 121 Å². The number of carbonyl (C=O) groups excluding carboxylic acids is 1. The summed E-state index contributed by atoms with van der Waals surface area (Å²) in [6.07, 6.45) is 1.58. The number of sulfonamides is 1. The summed E-state index contributed by atoms with van der Waals surface area (Å²) >= 11 is 0. The van der Waals surface area contributed by atoms with Gasteiger partial charge in [-0.15, -0.1) is 0 Å². The van der Waals surface area contributed by atoms with Crippen molar-refractivity contribution >= 4 is 26.8 Å². The van der Waals surface area contributed by atoms with Gasteiger partial charge in [0.2, 0.25) is 10.0 Å².